The maximum Gasteiger partial charge on any atom is 0.0352 e. The first kappa shape index (κ1) is 27.3. The molecule has 1 aromatic heterocycles. The highest BCUT2D eigenvalue weighted by atomic mass is 14.6. The molecule has 0 N–H and O–H groups in total. The van der Waals surface area contributed by atoms with Crippen LogP contribution < -0.4 is 0 Å². The van der Waals surface area contributed by atoms with Crippen molar-refractivity contribution in [2.24, 2.45) is 0 Å². The first-order chi connectivity index (χ1) is 23.2. The third kappa shape index (κ3) is 4.51. The van der Waals surface area contributed by atoms with E-state index in [1.807, 2.05) is 12.4 Å². The minimum Gasteiger partial charge on any atom is -0.264 e. The summed E-state index contributed by atoms with van der Waals surface area (Å²) in [5.41, 5.74) is 11.0. The van der Waals surface area contributed by atoms with E-state index in [4.69, 9.17) is 0 Å². The van der Waals surface area contributed by atoms with Crippen LogP contribution in [0.1, 0.15) is 5.56 Å². The van der Waals surface area contributed by atoms with Crippen LogP contribution in [-0.2, 0) is 0 Å². The summed E-state index contributed by atoms with van der Waals surface area (Å²) >= 11 is 0. The van der Waals surface area contributed by atoms with Crippen molar-refractivity contribution in [1.29, 1.82) is 0 Å². The highest BCUT2D eigenvalue weighted by Gasteiger charge is 2.20. The molecule has 0 aliphatic heterocycles. The predicted molar refractivity (Wildman–Crippen MR) is 201 cm³/mol. The van der Waals surface area contributed by atoms with Gasteiger partial charge in [0.05, 0.1) is 0 Å². The van der Waals surface area contributed by atoms with Gasteiger partial charge in [0.15, 0.2) is 0 Å². The van der Waals surface area contributed by atoms with Gasteiger partial charge < -0.3 is 0 Å². The molecule has 1 heterocycles. The lowest BCUT2D eigenvalue weighted by atomic mass is 9.83. The lowest BCUT2D eigenvalue weighted by Crippen LogP contribution is -1.93. The molecule has 0 aliphatic carbocycles. The van der Waals surface area contributed by atoms with E-state index < -0.39 is 0 Å². The Morgan fingerprint density at radius 2 is 0.915 bits per heavy atom. The third-order valence-electron chi connectivity index (χ3n) is 9.61. The number of hydrogen-bond acceptors (Lipinski definition) is 1. The van der Waals surface area contributed by atoms with E-state index in [1.165, 1.54) is 87.6 Å². The molecule has 220 valence electrons. The summed E-state index contributed by atoms with van der Waals surface area (Å²) in [5, 5.41) is 10.1. The number of aromatic nitrogens is 1. The van der Waals surface area contributed by atoms with Crippen LogP contribution in [0.2, 0.25) is 0 Å². The standard InChI is InChI=1S/C46H31N/c1-30-19-20-33-28-34(22-21-32(33)27-30)45-39-15-7-9-17-41(39)46(42-18-10-8-16-40(42)45)43-24-23-37(35-13-5-6-14-36(35)43)38-25-26-47-29-44(38)31-11-3-2-4-12-31/h2-29H,1H3. The predicted octanol–water partition coefficient (Wildman–Crippen LogP) is 12.7. The van der Waals surface area contributed by atoms with Gasteiger partial charge >= 0.3 is 0 Å². The van der Waals surface area contributed by atoms with Crippen LogP contribution in [0.15, 0.2) is 170 Å². The van der Waals surface area contributed by atoms with Crippen LogP contribution in [0, 0.1) is 6.92 Å². The van der Waals surface area contributed by atoms with Gasteiger partial charge in [-0.15, -0.1) is 0 Å². The smallest absolute Gasteiger partial charge is 0.0352 e. The van der Waals surface area contributed by atoms with Crippen LogP contribution in [0.4, 0.5) is 0 Å². The molecule has 0 unspecified atom stereocenters. The Morgan fingerprint density at radius 3 is 1.62 bits per heavy atom. The number of benzene rings is 8. The molecule has 0 amide bonds. The fraction of sp³-hybridized carbons (Fsp3) is 0.0217. The van der Waals surface area contributed by atoms with Crippen LogP contribution in [-0.4, -0.2) is 4.98 Å². The molecule has 8 aromatic carbocycles. The van der Waals surface area contributed by atoms with Crippen molar-refractivity contribution in [3.05, 3.63) is 176 Å². The monoisotopic (exact) mass is 597 g/mol. The molecule has 9 rings (SSSR count). The second-order valence-electron chi connectivity index (χ2n) is 12.4. The number of pyridine rings is 1. The molecule has 1 heteroatoms. The van der Waals surface area contributed by atoms with Gasteiger partial charge in [-0.05, 0) is 101 Å². The normalized spacial score (nSPS) is 11.5. The highest BCUT2D eigenvalue weighted by molar-refractivity contribution is 6.24. The summed E-state index contributed by atoms with van der Waals surface area (Å²) < 4.78 is 0. The average Bonchev–Trinajstić information content (AvgIpc) is 3.14. The van der Waals surface area contributed by atoms with Crippen LogP contribution >= 0.6 is 0 Å². The second-order valence-corrected chi connectivity index (χ2v) is 12.4. The summed E-state index contributed by atoms with van der Waals surface area (Å²) in [6.45, 7) is 2.16. The minimum atomic E-state index is 1.14. The Morgan fingerprint density at radius 1 is 0.362 bits per heavy atom. The summed E-state index contributed by atoms with van der Waals surface area (Å²) in [6, 6.07) is 57.7. The zero-order chi connectivity index (χ0) is 31.3. The van der Waals surface area contributed by atoms with Gasteiger partial charge in [0.25, 0.3) is 0 Å². The zero-order valence-corrected chi connectivity index (χ0v) is 26.1. The van der Waals surface area contributed by atoms with Crippen molar-refractivity contribution in [3.8, 4) is 44.5 Å². The molecule has 0 bridgehead atoms. The van der Waals surface area contributed by atoms with E-state index in [0.717, 1.165) is 5.56 Å². The maximum atomic E-state index is 4.51. The van der Waals surface area contributed by atoms with Crippen molar-refractivity contribution in [2.45, 2.75) is 6.92 Å². The van der Waals surface area contributed by atoms with E-state index in [0.29, 0.717) is 0 Å². The number of aryl methyl sites for hydroxylation is 1. The van der Waals surface area contributed by atoms with Crippen molar-refractivity contribution in [1.82, 2.24) is 4.98 Å². The Kier molecular flexibility index (Phi) is 6.43. The molecule has 0 saturated carbocycles. The Balaban J connectivity index is 1.33. The van der Waals surface area contributed by atoms with Crippen molar-refractivity contribution >= 4 is 43.1 Å². The van der Waals surface area contributed by atoms with Crippen molar-refractivity contribution in [2.75, 3.05) is 0 Å². The summed E-state index contributed by atoms with van der Waals surface area (Å²) in [6.07, 6.45) is 3.89. The Hall–Kier alpha value is -6.05. The fourth-order valence-corrected chi connectivity index (χ4v) is 7.48. The lowest BCUT2D eigenvalue weighted by Gasteiger charge is -2.20. The van der Waals surface area contributed by atoms with E-state index >= 15 is 0 Å². The first-order valence-corrected chi connectivity index (χ1v) is 16.2. The van der Waals surface area contributed by atoms with Gasteiger partial charge in [-0.25, -0.2) is 0 Å². The maximum absolute atomic E-state index is 4.51. The Labute approximate surface area is 274 Å². The van der Waals surface area contributed by atoms with Gasteiger partial charge in [0, 0.05) is 18.0 Å². The molecule has 0 spiro atoms. The van der Waals surface area contributed by atoms with Crippen LogP contribution in [0.3, 0.4) is 0 Å². The second kappa shape index (κ2) is 11.1. The van der Waals surface area contributed by atoms with Gasteiger partial charge in [-0.2, -0.15) is 0 Å². The summed E-state index contributed by atoms with van der Waals surface area (Å²) in [4.78, 5) is 4.51. The van der Waals surface area contributed by atoms with E-state index in [-0.39, 0.29) is 0 Å². The first-order valence-electron chi connectivity index (χ1n) is 16.2. The van der Waals surface area contributed by atoms with E-state index in [9.17, 15) is 0 Å². The topological polar surface area (TPSA) is 12.9 Å². The number of hydrogen-bond donors (Lipinski definition) is 0. The summed E-state index contributed by atoms with van der Waals surface area (Å²) in [5.74, 6) is 0. The molecular formula is C46H31N. The molecule has 0 atom stereocenters. The van der Waals surface area contributed by atoms with Gasteiger partial charge in [-0.1, -0.05) is 151 Å². The largest absolute Gasteiger partial charge is 0.264 e. The van der Waals surface area contributed by atoms with Gasteiger partial charge in [0.1, 0.15) is 0 Å². The molecule has 1 nitrogen and oxygen atoms in total. The molecule has 47 heavy (non-hydrogen) atoms. The SMILES string of the molecule is Cc1ccc2cc(-c3c4ccccc4c(-c4ccc(-c5ccncc5-c5ccccc5)c5ccccc45)c4ccccc34)ccc2c1. The number of nitrogens with zero attached hydrogens (tertiary/aromatic N) is 1. The molecule has 0 fully saturated rings. The quantitative estimate of drug-likeness (QED) is 0.184. The minimum absolute atomic E-state index is 1.14. The lowest BCUT2D eigenvalue weighted by molar-refractivity contribution is 1.33. The number of rotatable bonds is 4. The van der Waals surface area contributed by atoms with E-state index in [1.54, 1.807) is 0 Å². The fourth-order valence-electron chi connectivity index (χ4n) is 7.48. The molecule has 0 saturated heterocycles. The molecule has 0 radical (unpaired) electrons. The van der Waals surface area contributed by atoms with Crippen molar-refractivity contribution in [3.63, 3.8) is 0 Å². The molecule has 9 aromatic rings. The molecular weight excluding hydrogens is 567 g/mol. The van der Waals surface area contributed by atoms with Crippen LogP contribution in [0.5, 0.6) is 0 Å². The van der Waals surface area contributed by atoms with Crippen LogP contribution in [0.25, 0.3) is 87.6 Å². The van der Waals surface area contributed by atoms with Gasteiger partial charge in [0.2, 0.25) is 0 Å². The third-order valence-corrected chi connectivity index (χ3v) is 9.61. The number of fused-ring (bicyclic) bond motifs is 4. The zero-order valence-electron chi connectivity index (χ0n) is 26.1. The Bertz CT molecular complexity index is 2570. The van der Waals surface area contributed by atoms with Crippen molar-refractivity contribution < 1.29 is 0 Å². The van der Waals surface area contributed by atoms with Gasteiger partial charge in [-0.3, -0.25) is 4.98 Å². The summed E-state index contributed by atoms with van der Waals surface area (Å²) in [7, 11) is 0. The van der Waals surface area contributed by atoms with E-state index in [2.05, 4.69) is 170 Å². The average molecular weight is 598 g/mol. The highest BCUT2D eigenvalue weighted by Crippen LogP contribution is 2.47. The molecule has 0 aliphatic rings.